The van der Waals surface area contributed by atoms with E-state index in [0.717, 1.165) is 53.1 Å². The van der Waals surface area contributed by atoms with Gasteiger partial charge in [0.25, 0.3) is 18.2 Å². The van der Waals surface area contributed by atoms with Crippen LogP contribution in [0.1, 0.15) is 44.0 Å². The normalized spacial score (nSPS) is 12.8. The summed E-state index contributed by atoms with van der Waals surface area (Å²) in [5, 5.41) is 3.52. The molecule has 0 unspecified atom stereocenters. The molecule has 2 amide bonds. The second-order valence-electron chi connectivity index (χ2n) is 8.38. The molecule has 19 heteroatoms. The van der Waals surface area contributed by atoms with Crippen molar-refractivity contribution in [1.29, 1.82) is 0 Å². The van der Waals surface area contributed by atoms with E-state index in [9.17, 15) is 62.3 Å². The number of hydrogen-bond acceptors (Lipinski definition) is 3. The van der Waals surface area contributed by atoms with Gasteiger partial charge in [-0.1, -0.05) is 6.07 Å². The predicted molar refractivity (Wildman–Crippen MR) is 131 cm³/mol. The highest BCUT2D eigenvalue weighted by Crippen LogP contribution is 2.54. The molecule has 1 aromatic heterocycles. The number of aromatic nitrogens is 1. The Bertz CT molecular complexity index is 1520. The molecule has 0 saturated carbocycles. The van der Waals surface area contributed by atoms with Crippen LogP contribution >= 0.6 is 22.6 Å². The predicted octanol–water partition coefficient (Wildman–Crippen LogP) is 8.58. The van der Waals surface area contributed by atoms with Crippen LogP contribution < -0.4 is 10.6 Å². The van der Waals surface area contributed by atoms with Crippen LogP contribution in [0.2, 0.25) is 0 Å². The van der Waals surface area contributed by atoms with Crippen molar-refractivity contribution in [3.63, 3.8) is 0 Å². The zero-order valence-corrected chi connectivity index (χ0v) is 22.4. The minimum Gasteiger partial charge on any atom is -0.320 e. The fraction of sp³-hybridized carbons (Fsp3) is 0.208. The Morgan fingerprint density at radius 2 is 1.42 bits per heavy atom. The number of alkyl halides is 12. The minimum atomic E-state index is -6.74. The SMILES string of the molecule is O=C(Nc1cccc(C(=O)Nc2c(I)cc(C(F)(C(F)(F)F)C(F)(F)F)cc2C(F)(F)F)c1F)c1ccc(C(F)F)nc1. The largest absolute Gasteiger partial charge is 0.435 e. The van der Waals surface area contributed by atoms with Crippen molar-refractivity contribution in [2.24, 2.45) is 0 Å². The molecular weight excluding hydrogens is 736 g/mol. The number of nitrogens with one attached hydrogen (secondary N) is 2. The van der Waals surface area contributed by atoms with Gasteiger partial charge in [0.15, 0.2) is 5.82 Å². The molecule has 0 spiro atoms. The van der Waals surface area contributed by atoms with Crippen molar-refractivity contribution in [3.05, 3.63) is 86.0 Å². The molecule has 0 aliphatic rings. The Kier molecular flexibility index (Phi) is 9.28. The van der Waals surface area contributed by atoms with Crippen LogP contribution in [0.3, 0.4) is 0 Å². The highest BCUT2D eigenvalue weighted by molar-refractivity contribution is 14.1. The number of benzene rings is 2. The molecule has 3 aromatic rings. The number of nitrogens with zero attached hydrogens (tertiary/aromatic N) is 1. The third-order valence-electron chi connectivity index (χ3n) is 5.58. The first-order chi connectivity index (χ1) is 19.6. The Labute approximate surface area is 244 Å². The quantitative estimate of drug-likeness (QED) is 0.196. The molecule has 232 valence electrons. The average Bonchev–Trinajstić information content (AvgIpc) is 2.88. The van der Waals surface area contributed by atoms with Crippen LogP contribution in [0.25, 0.3) is 0 Å². The molecule has 0 aliphatic heterocycles. The first kappa shape index (κ1) is 33.8. The average molecular weight is 747 g/mol. The van der Waals surface area contributed by atoms with Gasteiger partial charge in [-0.15, -0.1) is 0 Å². The van der Waals surface area contributed by atoms with Crippen LogP contribution in [-0.2, 0) is 11.8 Å². The number of hydrogen-bond donors (Lipinski definition) is 2. The number of carbonyl (C=O) groups excluding carboxylic acids is 2. The molecule has 0 atom stereocenters. The number of anilines is 2. The summed E-state index contributed by atoms with van der Waals surface area (Å²) in [6.07, 6.45) is -21.5. The van der Waals surface area contributed by atoms with E-state index in [1.54, 1.807) is 5.32 Å². The Balaban J connectivity index is 2.00. The van der Waals surface area contributed by atoms with Gasteiger partial charge in [-0.2, -0.15) is 39.5 Å². The summed E-state index contributed by atoms with van der Waals surface area (Å²) in [5.41, 5.74) is -15.3. The molecule has 3 rings (SSSR count). The number of carbonyl (C=O) groups is 2. The van der Waals surface area contributed by atoms with Crippen molar-refractivity contribution in [3.8, 4) is 0 Å². The molecule has 2 N–H and O–H groups in total. The van der Waals surface area contributed by atoms with Gasteiger partial charge in [-0.3, -0.25) is 14.6 Å². The van der Waals surface area contributed by atoms with Crippen LogP contribution in [0, 0.1) is 9.39 Å². The van der Waals surface area contributed by atoms with Crippen molar-refractivity contribution < 1.29 is 66.7 Å². The maximum atomic E-state index is 15.1. The maximum absolute atomic E-state index is 15.1. The third kappa shape index (κ3) is 6.80. The lowest BCUT2D eigenvalue weighted by molar-refractivity contribution is -0.348. The van der Waals surface area contributed by atoms with E-state index < -0.39 is 91.7 Å². The number of amides is 2. The summed E-state index contributed by atoms with van der Waals surface area (Å²) >= 11 is 0.825. The van der Waals surface area contributed by atoms with Gasteiger partial charge < -0.3 is 10.6 Å². The smallest absolute Gasteiger partial charge is 0.320 e. The second kappa shape index (κ2) is 11.8. The lowest BCUT2D eigenvalue weighted by Gasteiger charge is -2.31. The van der Waals surface area contributed by atoms with E-state index in [0.29, 0.717) is 6.07 Å². The number of halogens is 14. The summed E-state index contributed by atoms with van der Waals surface area (Å²) in [5.74, 6) is -4.37. The summed E-state index contributed by atoms with van der Waals surface area (Å²) in [4.78, 5) is 28.4. The van der Waals surface area contributed by atoms with Gasteiger partial charge in [0.2, 0.25) is 0 Å². The van der Waals surface area contributed by atoms with E-state index in [2.05, 4.69) is 4.98 Å². The maximum Gasteiger partial charge on any atom is 0.435 e. The van der Waals surface area contributed by atoms with Crippen LogP contribution in [0.15, 0.2) is 48.7 Å². The molecule has 0 aliphatic carbocycles. The van der Waals surface area contributed by atoms with Gasteiger partial charge in [0, 0.05) is 15.3 Å². The molecule has 0 radical (unpaired) electrons. The molecule has 0 saturated heterocycles. The van der Waals surface area contributed by atoms with Crippen LogP contribution in [0.5, 0.6) is 0 Å². The summed E-state index contributed by atoms with van der Waals surface area (Å²) < 4.78 is 174. The first-order valence-corrected chi connectivity index (χ1v) is 12.1. The molecule has 5 nitrogen and oxygen atoms in total. The van der Waals surface area contributed by atoms with Crippen LogP contribution in [0.4, 0.5) is 68.5 Å². The summed E-state index contributed by atoms with van der Waals surface area (Å²) in [6, 6.07) is 3.24. The lowest BCUT2D eigenvalue weighted by atomic mass is 9.92. The number of pyridine rings is 1. The third-order valence-corrected chi connectivity index (χ3v) is 6.43. The van der Waals surface area contributed by atoms with E-state index >= 15 is 4.39 Å². The Morgan fingerprint density at radius 1 is 0.814 bits per heavy atom. The molecule has 0 fully saturated rings. The van der Waals surface area contributed by atoms with E-state index in [-0.39, 0.29) is 11.6 Å². The summed E-state index contributed by atoms with van der Waals surface area (Å²) in [6.45, 7) is 0. The molecule has 1 heterocycles. The number of rotatable bonds is 6. The zero-order valence-electron chi connectivity index (χ0n) is 20.3. The van der Waals surface area contributed by atoms with E-state index in [4.69, 9.17) is 0 Å². The van der Waals surface area contributed by atoms with Crippen molar-refractivity contribution in [1.82, 2.24) is 4.98 Å². The van der Waals surface area contributed by atoms with Crippen LogP contribution in [-0.4, -0.2) is 29.2 Å². The Hall–Kier alpha value is -3.65. The Morgan fingerprint density at radius 3 is 1.91 bits per heavy atom. The van der Waals surface area contributed by atoms with E-state index in [1.165, 1.54) is 0 Å². The van der Waals surface area contributed by atoms with Crippen molar-refractivity contribution in [2.45, 2.75) is 30.6 Å². The molecule has 2 aromatic carbocycles. The van der Waals surface area contributed by atoms with Crippen molar-refractivity contribution in [2.75, 3.05) is 10.6 Å². The fourth-order valence-electron chi connectivity index (χ4n) is 3.49. The highest BCUT2D eigenvalue weighted by Gasteiger charge is 2.73. The monoisotopic (exact) mass is 747 g/mol. The van der Waals surface area contributed by atoms with E-state index in [1.807, 2.05) is 5.32 Å². The fourth-order valence-corrected chi connectivity index (χ4v) is 4.25. The standard InChI is InChI=1S/C24H11F13IN3O2/c25-16-11(2-1-3-14(16)40-19(42)9-4-5-15(18(26)27)39-8-9)20(43)41-17-12(22(29,30)31)6-10(7-13(17)38)21(28,23(32,33)34)24(35,36)37/h1-8,18H,(H,40,42)(H,41,43). The molecular formula is C24H11F13IN3O2. The van der Waals surface area contributed by atoms with Gasteiger partial charge in [0.05, 0.1) is 28.1 Å². The molecule has 43 heavy (non-hydrogen) atoms. The van der Waals surface area contributed by atoms with Gasteiger partial charge in [-0.25, -0.2) is 17.6 Å². The zero-order chi connectivity index (χ0) is 32.7. The van der Waals surface area contributed by atoms with Gasteiger partial charge in [-0.05, 0) is 59.0 Å². The second-order valence-corrected chi connectivity index (χ2v) is 9.54. The highest BCUT2D eigenvalue weighted by atomic mass is 127. The lowest BCUT2D eigenvalue weighted by Crippen LogP contribution is -2.50. The minimum absolute atomic E-state index is 0.216. The first-order valence-electron chi connectivity index (χ1n) is 11.0. The van der Waals surface area contributed by atoms with Crippen molar-refractivity contribution >= 4 is 45.8 Å². The molecule has 0 bridgehead atoms. The topological polar surface area (TPSA) is 71.1 Å². The van der Waals surface area contributed by atoms with Gasteiger partial charge in [0.1, 0.15) is 5.69 Å². The summed E-state index contributed by atoms with van der Waals surface area (Å²) in [7, 11) is 0. The van der Waals surface area contributed by atoms with Gasteiger partial charge >= 0.3 is 24.2 Å².